The van der Waals surface area contributed by atoms with Gasteiger partial charge in [0, 0.05) is 23.8 Å². The van der Waals surface area contributed by atoms with Gasteiger partial charge in [0.25, 0.3) is 0 Å². The molecule has 1 heterocycles. The average Bonchev–Trinajstić information content (AvgIpc) is 2.91. The molecule has 3 unspecified atom stereocenters. The molecule has 4 N–H and O–H groups in total. The van der Waals surface area contributed by atoms with Gasteiger partial charge >= 0.3 is 0 Å². The maximum Gasteiger partial charge on any atom is 0.126 e. The molecule has 92 valence electrons. The highest BCUT2D eigenvalue weighted by molar-refractivity contribution is 5.61. The van der Waals surface area contributed by atoms with Crippen molar-refractivity contribution in [3.63, 3.8) is 0 Å². The highest BCUT2D eigenvalue weighted by Crippen LogP contribution is 2.33. The van der Waals surface area contributed by atoms with Gasteiger partial charge in [-0.2, -0.15) is 0 Å². The molecule has 0 saturated heterocycles. The first kappa shape index (κ1) is 10.9. The van der Waals surface area contributed by atoms with Crippen molar-refractivity contribution >= 4 is 5.69 Å². The summed E-state index contributed by atoms with van der Waals surface area (Å²) in [4.78, 5) is 0. The lowest BCUT2D eigenvalue weighted by atomic mass is 10.1. The summed E-state index contributed by atoms with van der Waals surface area (Å²) in [6.45, 7) is 0.961. The number of fused-ring (bicyclic) bond motifs is 1. The van der Waals surface area contributed by atoms with Crippen LogP contribution in [0.25, 0.3) is 0 Å². The minimum absolute atomic E-state index is 0.144. The molecular weight excluding hydrogens is 216 g/mol. The van der Waals surface area contributed by atoms with Gasteiger partial charge in [-0.1, -0.05) is 6.07 Å². The largest absolute Gasteiger partial charge is 0.487 e. The Morgan fingerprint density at radius 1 is 1.35 bits per heavy atom. The molecule has 1 aliphatic carbocycles. The summed E-state index contributed by atoms with van der Waals surface area (Å²) in [5.74, 6) is 0.894. The SMILES string of the molecule is NC1CCC(Oc2cccc3c2CCN3)C1O. The van der Waals surface area contributed by atoms with E-state index in [0.717, 1.165) is 37.2 Å². The summed E-state index contributed by atoms with van der Waals surface area (Å²) in [6, 6.07) is 5.87. The molecule has 2 aliphatic rings. The van der Waals surface area contributed by atoms with Gasteiger partial charge in [-0.25, -0.2) is 0 Å². The zero-order valence-corrected chi connectivity index (χ0v) is 9.73. The Labute approximate surface area is 101 Å². The minimum atomic E-state index is -0.541. The second-order valence-corrected chi connectivity index (χ2v) is 4.85. The number of anilines is 1. The smallest absolute Gasteiger partial charge is 0.126 e. The Hall–Kier alpha value is -1.26. The number of rotatable bonds is 2. The van der Waals surface area contributed by atoms with E-state index in [0.29, 0.717) is 0 Å². The van der Waals surface area contributed by atoms with Crippen molar-refractivity contribution in [3.05, 3.63) is 23.8 Å². The maximum atomic E-state index is 9.90. The fourth-order valence-electron chi connectivity index (χ4n) is 2.69. The van der Waals surface area contributed by atoms with Crippen molar-refractivity contribution in [2.24, 2.45) is 5.73 Å². The first-order valence-electron chi connectivity index (χ1n) is 6.22. The zero-order valence-electron chi connectivity index (χ0n) is 9.73. The van der Waals surface area contributed by atoms with Crippen LogP contribution in [0.15, 0.2) is 18.2 Å². The topological polar surface area (TPSA) is 67.5 Å². The summed E-state index contributed by atoms with van der Waals surface area (Å²) in [5, 5.41) is 13.2. The van der Waals surface area contributed by atoms with Crippen LogP contribution < -0.4 is 15.8 Å². The highest BCUT2D eigenvalue weighted by Gasteiger charge is 2.34. The number of hydrogen-bond donors (Lipinski definition) is 3. The van der Waals surface area contributed by atoms with Gasteiger partial charge in [0.05, 0.1) is 0 Å². The number of nitrogens with one attached hydrogen (secondary N) is 1. The lowest BCUT2D eigenvalue weighted by Gasteiger charge is -2.20. The van der Waals surface area contributed by atoms with E-state index < -0.39 is 6.10 Å². The van der Waals surface area contributed by atoms with Crippen LogP contribution >= 0.6 is 0 Å². The molecule has 3 rings (SSSR count). The van der Waals surface area contributed by atoms with Gasteiger partial charge in [-0.3, -0.25) is 0 Å². The van der Waals surface area contributed by atoms with Crippen molar-refractivity contribution in [3.8, 4) is 5.75 Å². The van der Waals surface area contributed by atoms with E-state index in [4.69, 9.17) is 10.5 Å². The van der Waals surface area contributed by atoms with Crippen LogP contribution in [-0.4, -0.2) is 29.9 Å². The van der Waals surface area contributed by atoms with E-state index in [-0.39, 0.29) is 12.1 Å². The first-order valence-corrected chi connectivity index (χ1v) is 6.22. The number of ether oxygens (including phenoxy) is 1. The molecule has 0 amide bonds. The molecule has 0 radical (unpaired) electrons. The second-order valence-electron chi connectivity index (χ2n) is 4.85. The van der Waals surface area contributed by atoms with Crippen molar-refractivity contribution < 1.29 is 9.84 Å². The zero-order chi connectivity index (χ0) is 11.8. The van der Waals surface area contributed by atoms with Crippen LogP contribution in [-0.2, 0) is 6.42 Å². The summed E-state index contributed by atoms with van der Waals surface area (Å²) >= 11 is 0. The molecule has 1 aromatic rings. The van der Waals surface area contributed by atoms with Crippen LogP contribution in [0.5, 0.6) is 5.75 Å². The molecule has 17 heavy (non-hydrogen) atoms. The third kappa shape index (κ3) is 1.87. The third-order valence-electron chi connectivity index (χ3n) is 3.71. The van der Waals surface area contributed by atoms with Crippen molar-refractivity contribution in [1.29, 1.82) is 0 Å². The van der Waals surface area contributed by atoms with Gasteiger partial charge in [0.2, 0.25) is 0 Å². The molecule has 0 spiro atoms. The van der Waals surface area contributed by atoms with Gasteiger partial charge in [-0.15, -0.1) is 0 Å². The Bertz CT molecular complexity index is 422. The van der Waals surface area contributed by atoms with Crippen LogP contribution in [0.2, 0.25) is 0 Å². The van der Waals surface area contributed by atoms with E-state index >= 15 is 0 Å². The summed E-state index contributed by atoms with van der Waals surface area (Å²) < 4.78 is 5.93. The Kier molecular flexibility index (Phi) is 2.68. The van der Waals surface area contributed by atoms with Crippen molar-refractivity contribution in [2.45, 2.75) is 37.5 Å². The van der Waals surface area contributed by atoms with Gasteiger partial charge < -0.3 is 20.9 Å². The van der Waals surface area contributed by atoms with E-state index in [1.54, 1.807) is 0 Å². The molecule has 1 aromatic carbocycles. The predicted octanol–water partition coefficient (Wildman–Crippen LogP) is 0.884. The van der Waals surface area contributed by atoms with Crippen LogP contribution in [0.3, 0.4) is 0 Å². The summed E-state index contributed by atoms with van der Waals surface area (Å²) in [5.41, 5.74) is 8.17. The fourth-order valence-corrected chi connectivity index (χ4v) is 2.69. The predicted molar refractivity (Wildman–Crippen MR) is 66.3 cm³/mol. The van der Waals surface area contributed by atoms with Crippen LogP contribution in [0.1, 0.15) is 18.4 Å². The molecule has 1 fully saturated rings. The molecule has 0 bridgehead atoms. The molecular formula is C13H18N2O2. The maximum absolute atomic E-state index is 9.90. The van der Waals surface area contributed by atoms with Gasteiger partial charge in [-0.05, 0) is 31.4 Å². The van der Waals surface area contributed by atoms with Crippen molar-refractivity contribution in [1.82, 2.24) is 0 Å². The summed E-state index contributed by atoms with van der Waals surface area (Å²) in [7, 11) is 0. The monoisotopic (exact) mass is 234 g/mol. The second kappa shape index (κ2) is 4.20. The molecule has 4 heteroatoms. The van der Waals surface area contributed by atoms with E-state index in [9.17, 15) is 5.11 Å². The average molecular weight is 234 g/mol. The highest BCUT2D eigenvalue weighted by atomic mass is 16.5. The number of hydrogen-bond acceptors (Lipinski definition) is 4. The molecule has 1 saturated carbocycles. The number of nitrogens with two attached hydrogens (primary N) is 1. The lowest BCUT2D eigenvalue weighted by Crippen LogP contribution is -2.37. The first-order chi connectivity index (χ1) is 8.25. The Balaban J connectivity index is 1.80. The minimum Gasteiger partial charge on any atom is -0.487 e. The fraction of sp³-hybridized carbons (Fsp3) is 0.538. The lowest BCUT2D eigenvalue weighted by molar-refractivity contribution is 0.0517. The number of aliphatic hydroxyl groups excluding tert-OH is 1. The van der Waals surface area contributed by atoms with Crippen LogP contribution in [0.4, 0.5) is 5.69 Å². The number of aliphatic hydroxyl groups is 1. The van der Waals surface area contributed by atoms with E-state index in [1.807, 2.05) is 12.1 Å². The normalized spacial score (nSPS) is 31.1. The van der Waals surface area contributed by atoms with Gasteiger partial charge in [0.15, 0.2) is 0 Å². The van der Waals surface area contributed by atoms with Gasteiger partial charge in [0.1, 0.15) is 18.0 Å². The van der Waals surface area contributed by atoms with Crippen molar-refractivity contribution in [2.75, 3.05) is 11.9 Å². The Morgan fingerprint density at radius 2 is 2.24 bits per heavy atom. The molecule has 1 aliphatic heterocycles. The molecule has 3 atom stereocenters. The third-order valence-corrected chi connectivity index (χ3v) is 3.71. The number of benzene rings is 1. The van der Waals surface area contributed by atoms with Crippen LogP contribution in [0, 0.1) is 0 Å². The quantitative estimate of drug-likeness (QED) is 0.710. The van der Waals surface area contributed by atoms with E-state index in [2.05, 4.69) is 11.4 Å². The Morgan fingerprint density at radius 3 is 3.00 bits per heavy atom. The van der Waals surface area contributed by atoms with E-state index in [1.165, 1.54) is 5.56 Å². The molecule has 4 nitrogen and oxygen atoms in total. The standard InChI is InChI=1S/C13H18N2O2/c14-9-4-5-12(13(9)16)17-11-3-1-2-10-8(11)6-7-15-10/h1-3,9,12-13,15-16H,4-7,14H2. The molecule has 0 aromatic heterocycles. The summed E-state index contributed by atoms with van der Waals surface area (Å²) in [6.07, 6.45) is 1.95.